The second kappa shape index (κ2) is 12.2. The van der Waals surface area contributed by atoms with Crippen LogP contribution in [0.4, 0.5) is 0 Å². The van der Waals surface area contributed by atoms with Crippen LogP contribution in [0.3, 0.4) is 0 Å². The van der Waals surface area contributed by atoms with Crippen molar-refractivity contribution >= 4 is 0 Å². The number of nitrogens with zero attached hydrogens (tertiary/aromatic N) is 4. The number of hydrogen-bond donors (Lipinski definition) is 0. The molecule has 228 valence electrons. The summed E-state index contributed by atoms with van der Waals surface area (Å²) < 4.78 is 15.6. The lowest BCUT2D eigenvalue weighted by molar-refractivity contribution is -0.685. The Morgan fingerprint density at radius 2 is 0.911 bits per heavy atom. The molecule has 0 unspecified atom stereocenters. The lowest BCUT2D eigenvalue weighted by Crippen LogP contribution is -2.37. The quantitative estimate of drug-likeness (QED) is 0.161. The Bertz CT molecular complexity index is 1850. The molecule has 0 aliphatic rings. The number of ether oxygens (including phenoxy) is 1. The molecule has 4 aromatic heterocycles. The molecule has 5 heteroatoms. The predicted octanol–water partition coefficient (Wildman–Crippen LogP) is 8.91. The molecule has 0 N–H and O–H groups in total. The first-order chi connectivity index (χ1) is 21.7. The fourth-order valence-electron chi connectivity index (χ4n) is 6.42. The van der Waals surface area contributed by atoms with E-state index in [1.54, 1.807) is 0 Å². The molecule has 0 spiro atoms. The van der Waals surface area contributed by atoms with Crippen molar-refractivity contribution in [2.45, 2.75) is 53.4 Å². The summed E-state index contributed by atoms with van der Waals surface area (Å²) in [5.41, 5.74) is 12.0. The molecule has 0 saturated heterocycles. The Morgan fingerprint density at radius 3 is 1.31 bits per heavy atom. The van der Waals surface area contributed by atoms with E-state index >= 15 is 0 Å². The van der Waals surface area contributed by atoms with Crippen LogP contribution in [0.2, 0.25) is 0 Å². The van der Waals surface area contributed by atoms with Gasteiger partial charge in [0.25, 0.3) is 0 Å². The van der Waals surface area contributed by atoms with Crippen molar-refractivity contribution in [3.8, 4) is 45.9 Å². The van der Waals surface area contributed by atoms with Gasteiger partial charge in [0, 0.05) is 35.9 Å². The van der Waals surface area contributed by atoms with Gasteiger partial charge in [-0.3, -0.25) is 0 Å². The number of rotatable bonds is 8. The van der Waals surface area contributed by atoms with Crippen LogP contribution in [-0.2, 0) is 14.1 Å². The molecule has 0 fully saturated rings. The predicted molar refractivity (Wildman–Crippen MR) is 182 cm³/mol. The average molecular weight is 597 g/mol. The summed E-state index contributed by atoms with van der Waals surface area (Å²) in [7, 11) is 4.16. The van der Waals surface area contributed by atoms with Gasteiger partial charge >= 0.3 is 11.8 Å². The zero-order valence-electron chi connectivity index (χ0n) is 27.7. The van der Waals surface area contributed by atoms with E-state index in [1.165, 1.54) is 33.6 Å². The minimum Gasteiger partial charge on any atom is -0.348 e. The molecular formula is C40H44N4O+2. The molecule has 0 saturated carbocycles. The van der Waals surface area contributed by atoms with Gasteiger partial charge in [0.1, 0.15) is 25.5 Å². The highest BCUT2D eigenvalue weighted by Crippen LogP contribution is 2.33. The molecule has 0 aliphatic carbocycles. The number of benzene rings is 2. The Labute approximate surface area is 267 Å². The Kier molecular flexibility index (Phi) is 8.20. The van der Waals surface area contributed by atoms with Gasteiger partial charge in [0.2, 0.25) is 11.4 Å². The summed E-state index contributed by atoms with van der Waals surface area (Å²) >= 11 is 0. The molecule has 0 bridgehead atoms. The van der Waals surface area contributed by atoms with Crippen molar-refractivity contribution in [1.82, 2.24) is 9.13 Å². The number of hydrogen-bond acceptors (Lipinski definition) is 1. The fraction of sp³-hybridized carbons (Fsp3) is 0.250. The second-order valence-corrected chi connectivity index (χ2v) is 12.6. The van der Waals surface area contributed by atoms with Crippen LogP contribution in [0, 0.1) is 13.8 Å². The maximum atomic E-state index is 6.72. The van der Waals surface area contributed by atoms with Gasteiger partial charge in [-0.2, -0.15) is 9.13 Å². The van der Waals surface area contributed by atoms with Gasteiger partial charge in [-0.25, -0.2) is 0 Å². The van der Waals surface area contributed by atoms with E-state index in [-0.39, 0.29) is 0 Å². The van der Waals surface area contributed by atoms with Crippen molar-refractivity contribution in [1.29, 1.82) is 0 Å². The lowest BCUT2D eigenvalue weighted by atomic mass is 10.0. The van der Waals surface area contributed by atoms with Gasteiger partial charge in [-0.1, -0.05) is 64.1 Å². The number of pyridine rings is 2. The van der Waals surface area contributed by atoms with Gasteiger partial charge in [-0.05, 0) is 84.3 Å². The zero-order chi connectivity index (χ0) is 31.8. The Balaban J connectivity index is 1.41. The first-order valence-electron chi connectivity index (χ1n) is 15.9. The summed E-state index contributed by atoms with van der Waals surface area (Å²) in [6.45, 7) is 13.3. The van der Waals surface area contributed by atoms with E-state index in [2.05, 4.69) is 171 Å². The first-order valence-corrected chi connectivity index (χ1v) is 15.9. The zero-order valence-corrected chi connectivity index (χ0v) is 27.7. The standard InChI is InChI=1S/C40H44N4O/c1-27(2)31-15-9-11-17-33(31)43-25-23-29(5)39(43)35-19-13-21-37(41(35)7)45-38-22-14-20-36(42(38)8)40-30(6)24-26-44(40)34-18-12-10-16-32(34)28(3)4/h9-28H,1-8H3/q+2. The first kappa shape index (κ1) is 30.1. The van der Waals surface area contributed by atoms with Crippen LogP contribution in [0.15, 0.2) is 109 Å². The molecule has 4 heterocycles. The van der Waals surface area contributed by atoms with Gasteiger partial charge in [0.05, 0.1) is 12.1 Å². The van der Waals surface area contributed by atoms with Crippen LogP contribution in [-0.4, -0.2) is 9.13 Å². The summed E-state index contributed by atoms with van der Waals surface area (Å²) in [4.78, 5) is 0. The molecular weight excluding hydrogens is 552 g/mol. The Hall–Kier alpha value is -4.90. The summed E-state index contributed by atoms with van der Waals surface area (Å²) in [5.74, 6) is 2.36. The maximum Gasteiger partial charge on any atom is 0.377 e. The maximum absolute atomic E-state index is 6.72. The second-order valence-electron chi connectivity index (χ2n) is 12.6. The van der Waals surface area contributed by atoms with Crippen LogP contribution < -0.4 is 13.9 Å². The normalized spacial score (nSPS) is 11.5. The van der Waals surface area contributed by atoms with Gasteiger partial charge in [-0.15, -0.1) is 0 Å². The van der Waals surface area contributed by atoms with E-state index in [0.29, 0.717) is 11.8 Å². The minimum atomic E-state index is 0.413. The molecule has 0 aliphatic heterocycles. The summed E-state index contributed by atoms with van der Waals surface area (Å²) in [6, 6.07) is 34.3. The molecule has 5 nitrogen and oxygen atoms in total. The van der Waals surface area contributed by atoms with E-state index < -0.39 is 0 Å². The molecule has 2 aromatic carbocycles. The monoisotopic (exact) mass is 596 g/mol. The number of aryl methyl sites for hydroxylation is 2. The van der Waals surface area contributed by atoms with Crippen molar-refractivity contribution < 1.29 is 13.9 Å². The third-order valence-corrected chi connectivity index (χ3v) is 8.88. The molecule has 0 atom stereocenters. The third-order valence-electron chi connectivity index (χ3n) is 8.88. The van der Waals surface area contributed by atoms with E-state index in [9.17, 15) is 0 Å². The van der Waals surface area contributed by atoms with Crippen LogP contribution in [0.25, 0.3) is 34.2 Å². The summed E-state index contributed by atoms with van der Waals surface area (Å²) in [5, 5.41) is 0. The van der Waals surface area contributed by atoms with E-state index in [4.69, 9.17) is 4.74 Å². The number of para-hydroxylation sites is 2. The van der Waals surface area contributed by atoms with Gasteiger partial charge < -0.3 is 13.9 Å². The highest BCUT2D eigenvalue weighted by molar-refractivity contribution is 5.64. The van der Waals surface area contributed by atoms with Gasteiger partial charge in [0.15, 0.2) is 0 Å². The van der Waals surface area contributed by atoms with Crippen LogP contribution in [0.1, 0.15) is 61.8 Å². The van der Waals surface area contributed by atoms with Crippen molar-refractivity contribution in [2.24, 2.45) is 14.1 Å². The van der Waals surface area contributed by atoms with Crippen LogP contribution in [0.5, 0.6) is 11.8 Å². The molecule has 6 aromatic rings. The molecule has 0 radical (unpaired) electrons. The van der Waals surface area contributed by atoms with Crippen LogP contribution >= 0.6 is 0 Å². The van der Waals surface area contributed by atoms with Crippen molar-refractivity contribution in [3.63, 3.8) is 0 Å². The molecule has 6 rings (SSSR count). The van der Waals surface area contributed by atoms with E-state index in [1.807, 2.05) is 12.1 Å². The Morgan fingerprint density at radius 1 is 0.511 bits per heavy atom. The minimum absolute atomic E-state index is 0.413. The highest BCUT2D eigenvalue weighted by atomic mass is 16.5. The van der Waals surface area contributed by atoms with Crippen molar-refractivity contribution in [2.75, 3.05) is 0 Å². The highest BCUT2D eigenvalue weighted by Gasteiger charge is 2.27. The smallest absolute Gasteiger partial charge is 0.348 e. The van der Waals surface area contributed by atoms with E-state index in [0.717, 1.165) is 34.5 Å². The summed E-state index contributed by atoms with van der Waals surface area (Å²) in [6.07, 6.45) is 4.36. The topological polar surface area (TPSA) is 26.8 Å². The largest absolute Gasteiger partial charge is 0.377 e. The molecule has 45 heavy (non-hydrogen) atoms. The fourth-order valence-corrected chi connectivity index (χ4v) is 6.42. The third kappa shape index (κ3) is 5.48. The van der Waals surface area contributed by atoms with Crippen molar-refractivity contribution in [3.05, 3.63) is 132 Å². The lowest BCUT2D eigenvalue weighted by Gasteiger charge is -2.17. The average Bonchev–Trinajstić information content (AvgIpc) is 3.61. The number of aromatic nitrogens is 4. The SMILES string of the molecule is Cc1ccn(-c2ccccc2C(C)C)c1-c1cccc(Oc2cccc(-c3c(C)ccn3-c3ccccc3C(C)C)[n+]2C)[n+]1C. The molecule has 0 amide bonds.